The van der Waals surface area contributed by atoms with Gasteiger partial charge in [0.2, 0.25) is 0 Å². The SMILES string of the molecule is CC(C)(C)C1=CC=CC(CCC2(C(C)(C)C)C=CC=C(C(C)(C)C)C2O)(C(C)(C)C)C1O. The van der Waals surface area contributed by atoms with Crippen molar-refractivity contribution >= 4 is 0 Å². The van der Waals surface area contributed by atoms with E-state index >= 15 is 0 Å². The summed E-state index contributed by atoms with van der Waals surface area (Å²) in [5, 5.41) is 23.6. The minimum Gasteiger partial charge on any atom is -0.388 e. The molecule has 0 aromatic carbocycles. The van der Waals surface area contributed by atoms with Gasteiger partial charge in [0.1, 0.15) is 0 Å². The van der Waals surface area contributed by atoms with Gasteiger partial charge in [0.15, 0.2) is 0 Å². The maximum Gasteiger partial charge on any atom is 0.0854 e. The summed E-state index contributed by atoms with van der Waals surface area (Å²) in [6.45, 7) is 26.5. The van der Waals surface area contributed by atoms with Crippen LogP contribution in [-0.4, -0.2) is 22.4 Å². The van der Waals surface area contributed by atoms with Crippen LogP contribution in [-0.2, 0) is 0 Å². The minimum absolute atomic E-state index is 0.102. The second-order valence-electron chi connectivity index (χ2n) is 14.3. The number of aliphatic hydroxyl groups excluding tert-OH is 2. The molecule has 0 aliphatic heterocycles. The first-order valence-corrected chi connectivity index (χ1v) is 12.4. The molecule has 0 heterocycles. The Hall–Kier alpha value is -1.12. The van der Waals surface area contributed by atoms with Gasteiger partial charge in [-0.15, -0.1) is 0 Å². The molecule has 4 atom stereocenters. The first kappa shape index (κ1) is 27.1. The van der Waals surface area contributed by atoms with Crippen LogP contribution in [0.25, 0.3) is 0 Å². The van der Waals surface area contributed by atoms with Gasteiger partial charge in [-0.3, -0.25) is 0 Å². The highest BCUT2D eigenvalue weighted by atomic mass is 16.3. The van der Waals surface area contributed by atoms with E-state index in [1.165, 1.54) is 0 Å². The average molecular weight is 443 g/mol. The summed E-state index contributed by atoms with van der Waals surface area (Å²) in [4.78, 5) is 0. The van der Waals surface area contributed by atoms with E-state index in [-0.39, 0.29) is 21.7 Å². The van der Waals surface area contributed by atoms with Crippen molar-refractivity contribution in [1.29, 1.82) is 0 Å². The number of allylic oxidation sites excluding steroid dienone is 4. The molecule has 0 aromatic heterocycles. The van der Waals surface area contributed by atoms with Gasteiger partial charge in [0, 0.05) is 10.8 Å². The fourth-order valence-corrected chi connectivity index (χ4v) is 5.81. The molecule has 32 heavy (non-hydrogen) atoms. The van der Waals surface area contributed by atoms with Gasteiger partial charge in [-0.1, -0.05) is 120 Å². The zero-order valence-corrected chi connectivity index (χ0v) is 22.9. The van der Waals surface area contributed by atoms with Crippen molar-refractivity contribution in [2.45, 2.75) is 108 Å². The summed E-state index contributed by atoms with van der Waals surface area (Å²) in [7, 11) is 0. The van der Waals surface area contributed by atoms with E-state index in [2.05, 4.69) is 120 Å². The third kappa shape index (κ3) is 4.60. The minimum atomic E-state index is -0.549. The first-order chi connectivity index (χ1) is 14.2. The third-order valence-corrected chi connectivity index (χ3v) is 8.38. The Balaban J connectivity index is 2.55. The normalized spacial score (nSPS) is 32.1. The fourth-order valence-electron chi connectivity index (χ4n) is 5.81. The van der Waals surface area contributed by atoms with Crippen molar-refractivity contribution in [3.63, 3.8) is 0 Å². The van der Waals surface area contributed by atoms with Crippen LogP contribution in [0.1, 0.15) is 95.9 Å². The van der Waals surface area contributed by atoms with Crippen molar-refractivity contribution < 1.29 is 10.2 Å². The molecule has 2 nitrogen and oxygen atoms in total. The fraction of sp³-hybridized carbons (Fsp3) is 0.733. The molecule has 4 unspecified atom stereocenters. The summed E-state index contributed by atoms with van der Waals surface area (Å²) in [5.41, 5.74) is 0.893. The molecular weight excluding hydrogens is 392 g/mol. The van der Waals surface area contributed by atoms with E-state index in [1.54, 1.807) is 0 Å². The van der Waals surface area contributed by atoms with Gasteiger partial charge in [-0.05, 0) is 45.6 Å². The Morgan fingerprint density at radius 3 is 1.09 bits per heavy atom. The van der Waals surface area contributed by atoms with E-state index < -0.39 is 23.0 Å². The Kier molecular flexibility index (Phi) is 7.01. The van der Waals surface area contributed by atoms with Crippen molar-refractivity contribution in [3.8, 4) is 0 Å². The quantitative estimate of drug-likeness (QED) is 0.471. The molecule has 2 aliphatic carbocycles. The van der Waals surface area contributed by atoms with Crippen LogP contribution in [0.3, 0.4) is 0 Å². The highest BCUT2D eigenvalue weighted by Gasteiger charge is 2.54. The molecule has 2 aliphatic rings. The maximum atomic E-state index is 11.8. The molecule has 2 N–H and O–H groups in total. The number of aliphatic hydroxyl groups is 2. The van der Waals surface area contributed by atoms with Gasteiger partial charge in [-0.2, -0.15) is 0 Å². The smallest absolute Gasteiger partial charge is 0.0854 e. The molecule has 2 rings (SSSR count). The standard InChI is InChI=1S/C30H50O2/c1-25(2,3)21-15-13-17-29(23(21)31,27(7,8)9)19-20-30(28(10,11)12)18-14-16-22(24(30)32)26(4,5)6/h13-18,23-24,31-32H,19-20H2,1-12H3. The van der Waals surface area contributed by atoms with Crippen molar-refractivity contribution in [1.82, 2.24) is 0 Å². The summed E-state index contributed by atoms with van der Waals surface area (Å²) in [6.07, 6.45) is 13.5. The molecule has 0 fully saturated rings. The molecule has 0 amide bonds. The highest BCUT2D eigenvalue weighted by molar-refractivity contribution is 5.36. The highest BCUT2D eigenvalue weighted by Crippen LogP contribution is 2.58. The zero-order valence-electron chi connectivity index (χ0n) is 22.9. The summed E-state index contributed by atoms with van der Waals surface area (Å²) in [5.74, 6) is 0. The largest absolute Gasteiger partial charge is 0.388 e. The topological polar surface area (TPSA) is 40.5 Å². The Morgan fingerprint density at radius 2 is 0.875 bits per heavy atom. The van der Waals surface area contributed by atoms with Crippen LogP contribution in [0.5, 0.6) is 0 Å². The number of hydrogen-bond acceptors (Lipinski definition) is 2. The van der Waals surface area contributed by atoms with Crippen LogP contribution < -0.4 is 0 Å². The van der Waals surface area contributed by atoms with E-state index in [0.717, 1.165) is 24.0 Å². The summed E-state index contributed by atoms with van der Waals surface area (Å²) in [6, 6.07) is 0. The molecule has 182 valence electrons. The van der Waals surface area contributed by atoms with Crippen LogP contribution in [0.15, 0.2) is 47.6 Å². The molecule has 0 saturated heterocycles. The van der Waals surface area contributed by atoms with Gasteiger partial charge in [0.25, 0.3) is 0 Å². The lowest BCUT2D eigenvalue weighted by atomic mass is 9.51. The van der Waals surface area contributed by atoms with Gasteiger partial charge >= 0.3 is 0 Å². The monoisotopic (exact) mass is 442 g/mol. The Labute approximate surface area is 198 Å². The molecule has 0 saturated carbocycles. The first-order valence-electron chi connectivity index (χ1n) is 12.4. The van der Waals surface area contributed by atoms with Crippen LogP contribution in [0, 0.1) is 32.5 Å². The molecule has 2 heteroatoms. The van der Waals surface area contributed by atoms with Gasteiger partial charge in [0.05, 0.1) is 12.2 Å². The molecule has 0 bridgehead atoms. The zero-order chi connectivity index (χ0) is 25.0. The van der Waals surface area contributed by atoms with Gasteiger partial charge < -0.3 is 10.2 Å². The Bertz CT molecular complexity index is 741. The van der Waals surface area contributed by atoms with Crippen molar-refractivity contribution in [2.75, 3.05) is 0 Å². The van der Waals surface area contributed by atoms with Crippen LogP contribution >= 0.6 is 0 Å². The van der Waals surface area contributed by atoms with E-state index in [4.69, 9.17) is 0 Å². The second-order valence-corrected chi connectivity index (χ2v) is 14.3. The van der Waals surface area contributed by atoms with Crippen LogP contribution in [0.4, 0.5) is 0 Å². The van der Waals surface area contributed by atoms with Crippen molar-refractivity contribution in [2.24, 2.45) is 32.5 Å². The lowest BCUT2D eigenvalue weighted by Crippen LogP contribution is -2.52. The average Bonchev–Trinajstić information content (AvgIpc) is 2.58. The van der Waals surface area contributed by atoms with E-state index in [0.29, 0.717) is 0 Å². The second kappa shape index (κ2) is 8.27. The number of hydrogen-bond donors (Lipinski definition) is 2. The lowest BCUT2D eigenvalue weighted by Gasteiger charge is -2.55. The van der Waals surface area contributed by atoms with E-state index in [9.17, 15) is 10.2 Å². The molecule has 0 aromatic rings. The number of rotatable bonds is 3. The predicted octanol–water partition coefficient (Wildman–Crippen LogP) is 7.64. The van der Waals surface area contributed by atoms with Gasteiger partial charge in [-0.25, -0.2) is 0 Å². The Morgan fingerprint density at radius 1 is 0.594 bits per heavy atom. The van der Waals surface area contributed by atoms with E-state index in [1.807, 2.05) is 0 Å². The van der Waals surface area contributed by atoms with Crippen LogP contribution in [0.2, 0.25) is 0 Å². The molecule has 0 radical (unpaired) electrons. The molecular formula is C30H50O2. The molecule has 0 spiro atoms. The third-order valence-electron chi connectivity index (χ3n) is 8.38. The summed E-state index contributed by atoms with van der Waals surface area (Å²) < 4.78 is 0. The van der Waals surface area contributed by atoms with Crippen molar-refractivity contribution in [3.05, 3.63) is 47.6 Å². The maximum absolute atomic E-state index is 11.8. The summed E-state index contributed by atoms with van der Waals surface area (Å²) >= 11 is 0. The predicted molar refractivity (Wildman–Crippen MR) is 138 cm³/mol. The lowest BCUT2D eigenvalue weighted by molar-refractivity contribution is -0.0540.